The molecule has 3 rings (SSSR count). The lowest BCUT2D eigenvalue weighted by Gasteiger charge is -2.35. The Bertz CT molecular complexity index is 1050. The predicted octanol–water partition coefficient (Wildman–Crippen LogP) is 3.53. The second-order valence-corrected chi connectivity index (χ2v) is 10.5. The number of hydrogen-bond acceptors (Lipinski definition) is 4. The van der Waals surface area contributed by atoms with E-state index in [1.54, 1.807) is 31.2 Å². The summed E-state index contributed by atoms with van der Waals surface area (Å²) < 4.78 is 45.1. The molecule has 0 saturated carbocycles. The number of sulfonamides is 1. The minimum absolute atomic E-state index is 0.124. The number of fused-ring (bicyclic) bond motifs is 1. The number of hydrogen-bond donors (Lipinski definition) is 1. The molecule has 1 aliphatic rings. The Morgan fingerprint density at radius 1 is 1.20 bits per heavy atom. The lowest BCUT2D eigenvalue weighted by Crippen LogP contribution is -2.50. The van der Waals surface area contributed by atoms with Crippen molar-refractivity contribution in [2.45, 2.75) is 45.3 Å². The van der Waals surface area contributed by atoms with Gasteiger partial charge in [0.05, 0.1) is 24.5 Å². The van der Waals surface area contributed by atoms with Gasteiger partial charge < -0.3 is 10.1 Å². The summed E-state index contributed by atoms with van der Waals surface area (Å²) in [5.41, 5.74) is 1.96. The van der Waals surface area contributed by atoms with Gasteiger partial charge >= 0.3 is 0 Å². The molecule has 1 amide bonds. The van der Waals surface area contributed by atoms with Crippen molar-refractivity contribution >= 4 is 21.6 Å². The second kappa shape index (κ2) is 7.91. The van der Waals surface area contributed by atoms with Gasteiger partial charge in [-0.05, 0) is 47.7 Å². The molecule has 2 aromatic carbocycles. The third kappa shape index (κ3) is 4.75. The van der Waals surface area contributed by atoms with Crippen LogP contribution in [-0.2, 0) is 20.2 Å². The van der Waals surface area contributed by atoms with Crippen LogP contribution in [0.15, 0.2) is 42.5 Å². The molecule has 0 bridgehead atoms. The van der Waals surface area contributed by atoms with E-state index in [4.69, 9.17) is 4.74 Å². The number of ether oxygens (including phenoxy) is 1. The van der Waals surface area contributed by atoms with E-state index in [2.05, 4.69) is 5.32 Å². The number of benzene rings is 2. The SMILES string of the molecule is C[C@@H](NC(=O)[C@H]1CN(S(C)(=O)=O)c2cc(C(C)(C)C)ccc2O1)c1ccc(F)cc1. The number of nitrogens with one attached hydrogen (secondary N) is 1. The van der Waals surface area contributed by atoms with Gasteiger partial charge in [-0.3, -0.25) is 9.10 Å². The van der Waals surface area contributed by atoms with Gasteiger partial charge in [0, 0.05) is 0 Å². The summed E-state index contributed by atoms with van der Waals surface area (Å²) >= 11 is 0. The molecule has 0 saturated heterocycles. The summed E-state index contributed by atoms with van der Waals surface area (Å²) in [5, 5.41) is 2.82. The molecular weight excluding hydrogens is 407 g/mol. The lowest BCUT2D eigenvalue weighted by molar-refractivity contribution is -0.128. The van der Waals surface area contributed by atoms with Gasteiger partial charge in [-0.15, -0.1) is 0 Å². The average Bonchev–Trinajstić information content (AvgIpc) is 2.65. The standard InChI is InChI=1S/C22H27FN2O4S/c1-14(15-6-9-17(23)10-7-15)24-21(26)20-13-25(30(5,27)28)18-12-16(22(2,3)4)8-11-19(18)29-20/h6-12,14,20H,13H2,1-5H3,(H,24,26)/t14-,20-/m1/s1. The fourth-order valence-corrected chi connectivity index (χ4v) is 4.22. The normalized spacial score (nSPS) is 17.7. The number of halogens is 1. The summed E-state index contributed by atoms with van der Waals surface area (Å²) in [6.07, 6.45) is 0.109. The second-order valence-electron chi connectivity index (χ2n) is 8.61. The van der Waals surface area contributed by atoms with Gasteiger partial charge in [0.15, 0.2) is 6.10 Å². The minimum Gasteiger partial charge on any atom is -0.476 e. The van der Waals surface area contributed by atoms with Crippen molar-refractivity contribution in [3.63, 3.8) is 0 Å². The van der Waals surface area contributed by atoms with Crippen LogP contribution in [-0.4, -0.2) is 33.2 Å². The third-order valence-electron chi connectivity index (χ3n) is 5.12. The first-order valence-corrected chi connectivity index (χ1v) is 11.6. The highest BCUT2D eigenvalue weighted by Crippen LogP contribution is 2.38. The minimum atomic E-state index is -3.62. The van der Waals surface area contributed by atoms with Crippen molar-refractivity contribution in [1.82, 2.24) is 5.32 Å². The number of nitrogens with zero attached hydrogens (tertiary/aromatic N) is 1. The summed E-state index contributed by atoms with van der Waals surface area (Å²) in [7, 11) is -3.62. The van der Waals surface area contributed by atoms with Crippen molar-refractivity contribution in [3.8, 4) is 5.75 Å². The topological polar surface area (TPSA) is 75.7 Å². The van der Waals surface area contributed by atoms with Gasteiger partial charge in [0.25, 0.3) is 5.91 Å². The zero-order valence-corrected chi connectivity index (χ0v) is 18.6. The van der Waals surface area contributed by atoms with Crippen LogP contribution in [0.5, 0.6) is 5.75 Å². The van der Waals surface area contributed by atoms with E-state index in [0.717, 1.165) is 17.4 Å². The Kier molecular flexibility index (Phi) is 5.82. The van der Waals surface area contributed by atoms with Crippen LogP contribution in [0.1, 0.15) is 44.9 Å². The van der Waals surface area contributed by atoms with E-state index in [0.29, 0.717) is 11.4 Å². The van der Waals surface area contributed by atoms with Crippen molar-refractivity contribution in [3.05, 3.63) is 59.4 Å². The fraction of sp³-hybridized carbons (Fsp3) is 0.409. The first-order chi connectivity index (χ1) is 13.9. The molecule has 0 aromatic heterocycles. The lowest BCUT2D eigenvalue weighted by atomic mass is 9.86. The largest absolute Gasteiger partial charge is 0.476 e. The predicted molar refractivity (Wildman–Crippen MR) is 115 cm³/mol. The number of anilines is 1. The molecule has 0 unspecified atom stereocenters. The molecule has 2 atom stereocenters. The van der Waals surface area contributed by atoms with E-state index in [1.807, 2.05) is 26.8 Å². The van der Waals surface area contributed by atoms with E-state index < -0.39 is 28.1 Å². The molecule has 1 N–H and O–H groups in total. The maximum absolute atomic E-state index is 13.1. The number of carbonyl (C=O) groups is 1. The third-order valence-corrected chi connectivity index (χ3v) is 6.26. The van der Waals surface area contributed by atoms with Crippen molar-refractivity contribution in [2.75, 3.05) is 17.1 Å². The zero-order valence-electron chi connectivity index (χ0n) is 17.8. The van der Waals surface area contributed by atoms with E-state index >= 15 is 0 Å². The Morgan fingerprint density at radius 2 is 1.83 bits per heavy atom. The monoisotopic (exact) mass is 434 g/mol. The van der Waals surface area contributed by atoms with Crippen LogP contribution in [0, 0.1) is 5.82 Å². The summed E-state index contributed by atoms with van der Waals surface area (Å²) in [5.74, 6) is -0.455. The van der Waals surface area contributed by atoms with Crippen LogP contribution in [0.3, 0.4) is 0 Å². The molecule has 2 aromatic rings. The number of rotatable bonds is 4. The molecule has 0 fully saturated rings. The maximum atomic E-state index is 13.1. The molecule has 0 spiro atoms. The molecule has 0 radical (unpaired) electrons. The Labute approximate surface area is 177 Å². The van der Waals surface area contributed by atoms with Crippen molar-refractivity contribution in [1.29, 1.82) is 0 Å². The van der Waals surface area contributed by atoms with Crippen LogP contribution >= 0.6 is 0 Å². The van der Waals surface area contributed by atoms with Crippen molar-refractivity contribution in [2.24, 2.45) is 0 Å². The molecular formula is C22H27FN2O4S. The molecule has 8 heteroatoms. The van der Waals surface area contributed by atoms with Gasteiger partial charge in [0.1, 0.15) is 11.6 Å². The van der Waals surface area contributed by atoms with E-state index in [-0.39, 0.29) is 17.8 Å². The average molecular weight is 435 g/mol. The quantitative estimate of drug-likeness (QED) is 0.799. The van der Waals surface area contributed by atoms with Crippen LogP contribution in [0.25, 0.3) is 0 Å². The first kappa shape index (κ1) is 22.1. The number of amides is 1. The smallest absolute Gasteiger partial charge is 0.263 e. The van der Waals surface area contributed by atoms with Gasteiger partial charge in [-0.2, -0.15) is 0 Å². The van der Waals surface area contributed by atoms with Crippen LogP contribution in [0.2, 0.25) is 0 Å². The maximum Gasteiger partial charge on any atom is 0.263 e. The Morgan fingerprint density at radius 3 is 2.40 bits per heavy atom. The Hall–Kier alpha value is -2.61. The van der Waals surface area contributed by atoms with Gasteiger partial charge in [-0.1, -0.05) is 39.0 Å². The molecule has 1 heterocycles. The Balaban J connectivity index is 1.86. The van der Waals surface area contributed by atoms with Gasteiger partial charge in [-0.25, -0.2) is 12.8 Å². The first-order valence-electron chi connectivity index (χ1n) is 9.71. The van der Waals surface area contributed by atoms with Crippen LogP contribution < -0.4 is 14.4 Å². The van der Waals surface area contributed by atoms with E-state index in [9.17, 15) is 17.6 Å². The number of carbonyl (C=O) groups excluding carboxylic acids is 1. The van der Waals surface area contributed by atoms with Crippen molar-refractivity contribution < 1.29 is 22.3 Å². The molecule has 0 aliphatic carbocycles. The summed E-state index contributed by atoms with van der Waals surface area (Å²) in [6, 6.07) is 10.8. The highest BCUT2D eigenvalue weighted by molar-refractivity contribution is 7.92. The highest BCUT2D eigenvalue weighted by Gasteiger charge is 2.36. The summed E-state index contributed by atoms with van der Waals surface area (Å²) in [6.45, 7) is 7.76. The van der Waals surface area contributed by atoms with E-state index in [1.165, 1.54) is 16.4 Å². The highest BCUT2D eigenvalue weighted by atomic mass is 32.2. The summed E-state index contributed by atoms with van der Waals surface area (Å²) in [4.78, 5) is 12.8. The molecule has 162 valence electrons. The van der Waals surface area contributed by atoms with Gasteiger partial charge in [0.2, 0.25) is 10.0 Å². The fourth-order valence-electron chi connectivity index (χ4n) is 3.31. The molecule has 30 heavy (non-hydrogen) atoms. The molecule has 1 aliphatic heterocycles. The van der Waals surface area contributed by atoms with Crippen LogP contribution in [0.4, 0.5) is 10.1 Å². The molecule has 6 nitrogen and oxygen atoms in total. The zero-order chi connectivity index (χ0) is 22.3.